The van der Waals surface area contributed by atoms with Crippen LogP contribution in [0.15, 0.2) is 107 Å². The van der Waals surface area contributed by atoms with Crippen LogP contribution in [0.2, 0.25) is 5.02 Å². The van der Waals surface area contributed by atoms with E-state index in [0.717, 1.165) is 4.47 Å². The summed E-state index contributed by atoms with van der Waals surface area (Å²) in [5.74, 6) is -5.26. The van der Waals surface area contributed by atoms with Crippen LogP contribution in [0.5, 0.6) is 17.2 Å². The minimum Gasteiger partial charge on any atom is -0.507 e. The summed E-state index contributed by atoms with van der Waals surface area (Å²) in [6.45, 7) is 0. The molecule has 0 bridgehead atoms. The number of phenolic OH excluding ortho intramolecular Hbond substituents is 1. The van der Waals surface area contributed by atoms with E-state index in [1.165, 1.54) is 30.1 Å². The predicted octanol–water partition coefficient (Wildman–Crippen LogP) is 7.19. The second-order valence-corrected chi connectivity index (χ2v) is 14.7. The zero-order valence-corrected chi connectivity index (χ0v) is 29.9. The molecular weight excluding hydrogens is 736 g/mol. The van der Waals surface area contributed by atoms with Gasteiger partial charge in [-0.05, 0) is 66.8 Å². The number of halogens is 2. The zero-order chi connectivity index (χ0) is 35.8. The molecule has 4 aromatic rings. The first-order chi connectivity index (χ1) is 24.6. The Labute approximate surface area is 307 Å². The van der Waals surface area contributed by atoms with Crippen LogP contribution in [0.1, 0.15) is 29.9 Å². The van der Waals surface area contributed by atoms with E-state index in [4.69, 9.17) is 21.1 Å². The standard InChI is InChI=1S/C40H32BrClN2O7/c1-50-26-18-31(45)34(32(19-26)51-2)35-27-15-16-28-33(38(48)43(36(28)46)24-13-11-22(41)12-14-24)29(27)20-30-37(47)44(25-10-6-9-23(42)17-25)39(49)40(30,35)21-7-4-3-5-8-21/h3-15,17-19,28-30,33,35,45H,16,20H2,1-2H3. The van der Waals surface area contributed by atoms with Crippen LogP contribution in [0.3, 0.4) is 0 Å². The van der Waals surface area contributed by atoms with Crippen LogP contribution < -0.4 is 19.3 Å². The number of rotatable bonds is 6. The maximum Gasteiger partial charge on any atom is 0.246 e. The van der Waals surface area contributed by atoms with E-state index in [1.807, 2.05) is 36.4 Å². The summed E-state index contributed by atoms with van der Waals surface area (Å²) in [6, 6.07) is 25.8. The van der Waals surface area contributed by atoms with Crippen molar-refractivity contribution in [2.24, 2.45) is 23.7 Å². The number of imide groups is 2. The summed E-state index contributed by atoms with van der Waals surface area (Å²) in [5.41, 5.74) is 0.762. The number of methoxy groups -OCH3 is 2. The Balaban J connectivity index is 1.39. The Hall–Kier alpha value is -4.93. The lowest BCUT2D eigenvalue weighted by Gasteiger charge is -2.51. The van der Waals surface area contributed by atoms with Gasteiger partial charge in [-0.2, -0.15) is 0 Å². The molecule has 4 aromatic carbocycles. The van der Waals surface area contributed by atoms with Crippen molar-refractivity contribution in [1.29, 1.82) is 0 Å². The number of hydrogen-bond donors (Lipinski definition) is 1. The Morgan fingerprint density at radius 2 is 1.55 bits per heavy atom. The van der Waals surface area contributed by atoms with E-state index < -0.39 is 46.8 Å². The number of ether oxygens (including phenoxy) is 2. The lowest BCUT2D eigenvalue weighted by molar-refractivity contribution is -0.127. The summed E-state index contributed by atoms with van der Waals surface area (Å²) >= 11 is 9.83. The first-order valence-electron chi connectivity index (χ1n) is 16.6. The van der Waals surface area contributed by atoms with Crippen LogP contribution in [0.25, 0.3) is 0 Å². The zero-order valence-electron chi connectivity index (χ0n) is 27.6. The summed E-state index contributed by atoms with van der Waals surface area (Å²) in [5, 5.41) is 12.2. The molecule has 4 amide bonds. The molecule has 1 saturated carbocycles. The van der Waals surface area contributed by atoms with E-state index in [1.54, 1.807) is 54.6 Å². The lowest BCUT2D eigenvalue weighted by Crippen LogP contribution is -2.53. The second-order valence-electron chi connectivity index (χ2n) is 13.3. The summed E-state index contributed by atoms with van der Waals surface area (Å²) in [6.07, 6.45) is 2.29. The van der Waals surface area contributed by atoms with Crippen LogP contribution >= 0.6 is 27.5 Å². The van der Waals surface area contributed by atoms with Gasteiger partial charge in [-0.1, -0.05) is 75.6 Å². The van der Waals surface area contributed by atoms with Gasteiger partial charge in [-0.15, -0.1) is 0 Å². The summed E-state index contributed by atoms with van der Waals surface area (Å²) in [4.78, 5) is 61.4. The maximum absolute atomic E-state index is 15.4. The van der Waals surface area contributed by atoms with Crippen LogP contribution in [-0.2, 0) is 24.6 Å². The highest BCUT2D eigenvalue weighted by Gasteiger charge is 2.71. The number of amides is 4. The maximum atomic E-state index is 15.4. The normalized spacial score (nSPS) is 26.8. The number of aromatic hydroxyl groups is 1. The van der Waals surface area contributed by atoms with Crippen molar-refractivity contribution in [3.63, 3.8) is 0 Å². The quantitative estimate of drug-likeness (QED) is 0.163. The number of carbonyl (C=O) groups is 4. The Kier molecular flexibility index (Phi) is 8.07. The first kappa shape index (κ1) is 33.2. The van der Waals surface area contributed by atoms with E-state index in [-0.39, 0.29) is 41.7 Å². The number of anilines is 2. The summed E-state index contributed by atoms with van der Waals surface area (Å²) in [7, 11) is 2.93. The second kappa shape index (κ2) is 12.4. The van der Waals surface area contributed by atoms with Gasteiger partial charge < -0.3 is 14.6 Å². The number of benzene rings is 4. The molecule has 6 unspecified atom stereocenters. The predicted molar refractivity (Wildman–Crippen MR) is 194 cm³/mol. The molecule has 2 aliphatic heterocycles. The fourth-order valence-electron chi connectivity index (χ4n) is 9.07. The lowest BCUT2D eigenvalue weighted by atomic mass is 9.49. The molecule has 258 valence electrons. The first-order valence-corrected chi connectivity index (χ1v) is 17.8. The third kappa shape index (κ3) is 4.79. The minimum absolute atomic E-state index is 0.118. The molecule has 0 aromatic heterocycles. The molecule has 1 N–H and O–H groups in total. The SMILES string of the molecule is COc1cc(O)c(C2C3=CCC4C(=O)N(c5ccc(Br)cc5)C(=O)C4C3CC3C(=O)N(c4cccc(Cl)c4)C(=O)C32c2ccccc2)c(OC)c1. The smallest absolute Gasteiger partial charge is 0.246 e. The third-order valence-corrected chi connectivity index (χ3v) is 11.9. The molecule has 2 saturated heterocycles. The Morgan fingerprint density at radius 3 is 2.24 bits per heavy atom. The molecule has 4 aliphatic rings. The Morgan fingerprint density at radius 1 is 0.804 bits per heavy atom. The molecular formula is C40H32BrClN2O7. The van der Waals surface area contributed by atoms with Crippen LogP contribution in [0, 0.1) is 23.7 Å². The highest BCUT2D eigenvalue weighted by atomic mass is 79.9. The molecule has 3 fully saturated rings. The average Bonchev–Trinajstić information content (AvgIpc) is 3.53. The monoisotopic (exact) mass is 766 g/mol. The van der Waals surface area contributed by atoms with Gasteiger partial charge in [-0.3, -0.25) is 24.1 Å². The van der Waals surface area contributed by atoms with Gasteiger partial charge in [0.05, 0.1) is 48.8 Å². The van der Waals surface area contributed by atoms with E-state index in [2.05, 4.69) is 15.9 Å². The van der Waals surface area contributed by atoms with Gasteiger partial charge in [0.15, 0.2) is 0 Å². The fraction of sp³-hybridized carbons (Fsp3) is 0.250. The average molecular weight is 768 g/mol. The van der Waals surface area contributed by atoms with Gasteiger partial charge in [0.2, 0.25) is 23.6 Å². The molecule has 51 heavy (non-hydrogen) atoms. The van der Waals surface area contributed by atoms with Gasteiger partial charge >= 0.3 is 0 Å². The third-order valence-electron chi connectivity index (χ3n) is 11.1. The molecule has 2 aliphatic carbocycles. The molecule has 9 nitrogen and oxygen atoms in total. The molecule has 11 heteroatoms. The highest BCUT2D eigenvalue weighted by molar-refractivity contribution is 9.10. The van der Waals surface area contributed by atoms with E-state index >= 15 is 4.79 Å². The molecule has 6 atom stereocenters. The van der Waals surface area contributed by atoms with Crippen molar-refractivity contribution in [3.8, 4) is 17.2 Å². The number of carbonyl (C=O) groups excluding carboxylic acids is 4. The molecule has 0 radical (unpaired) electrons. The van der Waals surface area contributed by atoms with Crippen molar-refractivity contribution >= 4 is 62.5 Å². The molecule has 0 spiro atoms. The fourth-order valence-corrected chi connectivity index (χ4v) is 9.52. The van der Waals surface area contributed by atoms with Gasteiger partial charge in [0.25, 0.3) is 0 Å². The number of fused-ring (bicyclic) bond motifs is 4. The number of nitrogens with zero attached hydrogens (tertiary/aromatic N) is 2. The van der Waals surface area contributed by atoms with Gasteiger partial charge in [0.1, 0.15) is 17.2 Å². The highest BCUT2D eigenvalue weighted by Crippen LogP contribution is 2.66. The van der Waals surface area contributed by atoms with Crippen molar-refractivity contribution in [3.05, 3.63) is 123 Å². The summed E-state index contributed by atoms with van der Waals surface area (Å²) < 4.78 is 12.2. The molecule has 8 rings (SSSR count). The van der Waals surface area contributed by atoms with E-state index in [0.29, 0.717) is 33.3 Å². The minimum atomic E-state index is -1.58. The van der Waals surface area contributed by atoms with Crippen LogP contribution in [-0.4, -0.2) is 43.0 Å². The van der Waals surface area contributed by atoms with Crippen molar-refractivity contribution in [1.82, 2.24) is 0 Å². The number of hydrogen-bond acceptors (Lipinski definition) is 7. The van der Waals surface area contributed by atoms with Gasteiger partial charge in [-0.25, -0.2) is 4.90 Å². The van der Waals surface area contributed by atoms with Gasteiger partial charge in [0, 0.05) is 33.1 Å². The van der Waals surface area contributed by atoms with E-state index in [9.17, 15) is 19.5 Å². The van der Waals surface area contributed by atoms with Crippen LogP contribution in [0.4, 0.5) is 11.4 Å². The topological polar surface area (TPSA) is 113 Å². The molecule has 2 heterocycles. The number of allylic oxidation sites excluding steroid dienone is 2. The van der Waals surface area contributed by atoms with Crippen molar-refractivity contribution in [2.75, 3.05) is 24.0 Å². The van der Waals surface area contributed by atoms with Crippen molar-refractivity contribution < 1.29 is 33.8 Å². The Bertz CT molecular complexity index is 2160. The largest absolute Gasteiger partial charge is 0.507 e. The number of phenols is 1. The van der Waals surface area contributed by atoms with Crippen molar-refractivity contribution in [2.45, 2.75) is 24.2 Å².